The average molecular weight is 234 g/mol. The van der Waals surface area contributed by atoms with Crippen LogP contribution in [0.4, 0.5) is 21.6 Å². The van der Waals surface area contributed by atoms with Crippen molar-refractivity contribution in [2.45, 2.75) is 13.8 Å². The highest BCUT2D eigenvalue weighted by Gasteiger charge is 2.10. The van der Waals surface area contributed by atoms with Crippen LogP contribution < -0.4 is 11.1 Å². The lowest BCUT2D eigenvalue weighted by Gasteiger charge is -2.08. The predicted octanol–water partition coefficient (Wildman–Crippen LogP) is 2.50. The number of nitrogens with two attached hydrogens (primary N) is 1. The van der Waals surface area contributed by atoms with E-state index in [0.717, 1.165) is 5.69 Å². The highest BCUT2D eigenvalue weighted by Crippen LogP contribution is 2.25. The summed E-state index contributed by atoms with van der Waals surface area (Å²) in [5, 5.41) is 7.25. The van der Waals surface area contributed by atoms with Crippen molar-refractivity contribution in [3.8, 4) is 0 Å². The van der Waals surface area contributed by atoms with Gasteiger partial charge in [0.15, 0.2) is 5.82 Å². The number of hydrogen-bond acceptors (Lipinski definition) is 3. The zero-order chi connectivity index (χ0) is 12.6. The number of benzene rings is 1. The van der Waals surface area contributed by atoms with E-state index in [9.17, 15) is 4.39 Å². The Hall–Kier alpha value is -2.04. The fourth-order valence-electron chi connectivity index (χ4n) is 1.63. The Balaban J connectivity index is 2.34. The van der Waals surface area contributed by atoms with Gasteiger partial charge in [-0.1, -0.05) is 6.07 Å². The third-order valence-electron chi connectivity index (χ3n) is 2.70. The molecule has 0 aliphatic rings. The van der Waals surface area contributed by atoms with Gasteiger partial charge in [0, 0.05) is 12.7 Å². The Morgan fingerprint density at radius 1 is 1.35 bits per heavy atom. The van der Waals surface area contributed by atoms with Crippen LogP contribution in [0.25, 0.3) is 0 Å². The zero-order valence-corrected chi connectivity index (χ0v) is 10.1. The normalized spacial score (nSPS) is 10.6. The van der Waals surface area contributed by atoms with E-state index >= 15 is 0 Å². The van der Waals surface area contributed by atoms with Gasteiger partial charge in [0.2, 0.25) is 0 Å². The number of anilines is 3. The fraction of sp³-hybridized carbons (Fsp3) is 0.250. The first kappa shape index (κ1) is 11.4. The highest BCUT2D eigenvalue weighted by molar-refractivity contribution is 5.71. The van der Waals surface area contributed by atoms with E-state index in [1.165, 1.54) is 6.07 Å². The molecule has 0 aliphatic heterocycles. The minimum absolute atomic E-state index is 0.243. The van der Waals surface area contributed by atoms with Gasteiger partial charge in [-0.15, -0.1) is 0 Å². The van der Waals surface area contributed by atoms with Crippen molar-refractivity contribution in [2.24, 2.45) is 7.05 Å². The quantitative estimate of drug-likeness (QED) is 0.839. The van der Waals surface area contributed by atoms with Crippen LogP contribution in [-0.4, -0.2) is 9.78 Å². The van der Waals surface area contributed by atoms with Crippen molar-refractivity contribution in [1.29, 1.82) is 0 Å². The van der Waals surface area contributed by atoms with E-state index in [4.69, 9.17) is 5.73 Å². The maximum atomic E-state index is 13.4. The molecule has 0 spiro atoms. The second-order valence-corrected chi connectivity index (χ2v) is 4.06. The number of nitrogen functional groups attached to an aromatic ring is 1. The second-order valence-electron chi connectivity index (χ2n) is 4.06. The SMILES string of the molecule is Cc1ccc(Nc2c(N)c(C)nn2C)cc1F. The molecule has 0 bridgehead atoms. The molecule has 17 heavy (non-hydrogen) atoms. The lowest BCUT2D eigenvalue weighted by atomic mass is 10.2. The number of hydrogen-bond donors (Lipinski definition) is 2. The lowest BCUT2D eigenvalue weighted by Crippen LogP contribution is -2.01. The molecule has 0 atom stereocenters. The minimum atomic E-state index is -0.243. The molecule has 0 amide bonds. The van der Waals surface area contributed by atoms with Gasteiger partial charge in [0.05, 0.1) is 11.4 Å². The molecule has 0 saturated heterocycles. The molecule has 5 heteroatoms. The van der Waals surface area contributed by atoms with Crippen molar-refractivity contribution >= 4 is 17.2 Å². The first-order chi connectivity index (χ1) is 7.99. The number of aromatic nitrogens is 2. The molecule has 2 rings (SSSR count). The smallest absolute Gasteiger partial charge is 0.152 e. The van der Waals surface area contributed by atoms with Crippen LogP contribution in [0.3, 0.4) is 0 Å². The monoisotopic (exact) mass is 234 g/mol. The molecule has 1 aromatic heterocycles. The molecule has 90 valence electrons. The molecule has 1 heterocycles. The Bertz CT molecular complexity index is 560. The Labute approximate surface area is 99.2 Å². The molecular weight excluding hydrogens is 219 g/mol. The van der Waals surface area contributed by atoms with Gasteiger partial charge in [-0.05, 0) is 31.5 Å². The van der Waals surface area contributed by atoms with Gasteiger partial charge in [0.25, 0.3) is 0 Å². The summed E-state index contributed by atoms with van der Waals surface area (Å²) in [6.07, 6.45) is 0. The van der Waals surface area contributed by atoms with Gasteiger partial charge >= 0.3 is 0 Å². The number of rotatable bonds is 2. The van der Waals surface area contributed by atoms with Crippen molar-refractivity contribution in [3.05, 3.63) is 35.3 Å². The van der Waals surface area contributed by atoms with Gasteiger partial charge in [0.1, 0.15) is 5.82 Å². The first-order valence-corrected chi connectivity index (χ1v) is 5.31. The molecule has 0 radical (unpaired) electrons. The van der Waals surface area contributed by atoms with Crippen LogP contribution >= 0.6 is 0 Å². The average Bonchev–Trinajstić information content (AvgIpc) is 2.50. The first-order valence-electron chi connectivity index (χ1n) is 5.31. The molecule has 4 nitrogen and oxygen atoms in total. The summed E-state index contributed by atoms with van der Waals surface area (Å²) in [4.78, 5) is 0. The Morgan fingerprint density at radius 2 is 2.06 bits per heavy atom. The summed E-state index contributed by atoms with van der Waals surface area (Å²) >= 11 is 0. The predicted molar refractivity (Wildman–Crippen MR) is 66.8 cm³/mol. The van der Waals surface area contributed by atoms with Crippen LogP contribution in [0.2, 0.25) is 0 Å². The number of halogens is 1. The summed E-state index contributed by atoms with van der Waals surface area (Å²) < 4.78 is 15.0. The van der Waals surface area contributed by atoms with E-state index in [2.05, 4.69) is 10.4 Å². The molecule has 0 aliphatic carbocycles. The fourth-order valence-corrected chi connectivity index (χ4v) is 1.63. The van der Waals surface area contributed by atoms with Crippen LogP contribution in [0.15, 0.2) is 18.2 Å². The third kappa shape index (κ3) is 2.08. The van der Waals surface area contributed by atoms with E-state index in [0.29, 0.717) is 22.8 Å². The van der Waals surface area contributed by atoms with Crippen molar-refractivity contribution in [1.82, 2.24) is 9.78 Å². The lowest BCUT2D eigenvalue weighted by molar-refractivity contribution is 0.619. The maximum absolute atomic E-state index is 13.4. The van der Waals surface area contributed by atoms with E-state index in [-0.39, 0.29) is 5.82 Å². The molecule has 3 N–H and O–H groups in total. The number of nitrogens with one attached hydrogen (secondary N) is 1. The van der Waals surface area contributed by atoms with Crippen LogP contribution in [-0.2, 0) is 7.05 Å². The van der Waals surface area contributed by atoms with Gasteiger partial charge < -0.3 is 11.1 Å². The molecule has 0 unspecified atom stereocenters. The summed E-state index contributed by atoms with van der Waals surface area (Å²) in [5.74, 6) is 0.429. The Morgan fingerprint density at radius 3 is 2.59 bits per heavy atom. The number of nitrogens with zero attached hydrogens (tertiary/aromatic N) is 2. The summed E-state index contributed by atoms with van der Waals surface area (Å²) in [7, 11) is 1.79. The molecule has 2 aromatic rings. The molecule has 0 saturated carbocycles. The summed E-state index contributed by atoms with van der Waals surface area (Å²) in [6, 6.07) is 4.97. The largest absolute Gasteiger partial charge is 0.394 e. The van der Waals surface area contributed by atoms with E-state index in [1.54, 1.807) is 30.8 Å². The summed E-state index contributed by atoms with van der Waals surface area (Å²) in [6.45, 7) is 3.55. The van der Waals surface area contributed by atoms with Crippen molar-refractivity contribution in [3.63, 3.8) is 0 Å². The van der Waals surface area contributed by atoms with E-state index < -0.39 is 0 Å². The summed E-state index contributed by atoms with van der Waals surface area (Å²) in [5.41, 5.74) is 8.48. The van der Waals surface area contributed by atoms with Crippen LogP contribution in [0.5, 0.6) is 0 Å². The maximum Gasteiger partial charge on any atom is 0.152 e. The second kappa shape index (κ2) is 4.08. The number of aryl methyl sites for hydroxylation is 3. The topological polar surface area (TPSA) is 55.9 Å². The third-order valence-corrected chi connectivity index (χ3v) is 2.70. The van der Waals surface area contributed by atoms with E-state index in [1.807, 2.05) is 6.92 Å². The molecule has 0 fully saturated rings. The zero-order valence-electron chi connectivity index (χ0n) is 10.1. The van der Waals surface area contributed by atoms with Crippen LogP contribution in [0, 0.1) is 19.7 Å². The minimum Gasteiger partial charge on any atom is -0.394 e. The molecule has 1 aromatic carbocycles. The molecular formula is C12H15FN4. The van der Waals surface area contributed by atoms with Crippen molar-refractivity contribution < 1.29 is 4.39 Å². The van der Waals surface area contributed by atoms with Crippen LogP contribution in [0.1, 0.15) is 11.3 Å². The standard InChI is InChI=1S/C12H15FN4/c1-7-4-5-9(6-10(7)13)15-12-11(14)8(2)16-17(12)3/h4-6,15H,14H2,1-3H3. The highest BCUT2D eigenvalue weighted by atomic mass is 19.1. The van der Waals surface area contributed by atoms with Gasteiger partial charge in [-0.2, -0.15) is 5.10 Å². The van der Waals surface area contributed by atoms with Gasteiger partial charge in [-0.3, -0.25) is 4.68 Å². The van der Waals surface area contributed by atoms with Crippen molar-refractivity contribution in [2.75, 3.05) is 11.1 Å². The Kier molecular flexibility index (Phi) is 2.75. The van der Waals surface area contributed by atoms with Gasteiger partial charge in [-0.25, -0.2) is 4.39 Å².